The average Bonchev–Trinajstić information content (AvgIpc) is 3.19. The van der Waals surface area contributed by atoms with E-state index in [2.05, 4.69) is 10.2 Å². The smallest absolute Gasteiger partial charge is 0.274 e. The normalized spacial score (nSPS) is 14.2. The van der Waals surface area contributed by atoms with Gasteiger partial charge in [-0.1, -0.05) is 18.2 Å². The molecule has 0 spiro atoms. The highest BCUT2D eigenvalue weighted by molar-refractivity contribution is 5.97. The summed E-state index contributed by atoms with van der Waals surface area (Å²) in [6.07, 6.45) is 3.28. The number of aromatic nitrogens is 2. The summed E-state index contributed by atoms with van der Waals surface area (Å²) in [6.45, 7) is 0.245. The fraction of sp³-hybridized carbons (Fsp3) is 0.286. The number of benzene rings is 1. The number of nitrogens with zero attached hydrogens (tertiary/aromatic N) is 2. The van der Waals surface area contributed by atoms with Gasteiger partial charge in [-0.05, 0) is 18.9 Å². The number of aromatic amines is 1. The molecule has 0 radical (unpaired) electrons. The Kier molecular flexibility index (Phi) is 3.14. The topological polar surface area (TPSA) is 75.0 Å². The minimum Gasteiger partial charge on any atom is -0.396 e. The van der Waals surface area contributed by atoms with Gasteiger partial charge in [-0.3, -0.25) is 9.89 Å². The van der Waals surface area contributed by atoms with Crippen molar-refractivity contribution in [2.45, 2.75) is 25.4 Å². The number of nitrogen functional groups attached to an aromatic ring is 1. The molecular weight excluding hydrogens is 259 g/mol. The second-order valence-electron chi connectivity index (χ2n) is 4.96. The highest BCUT2D eigenvalue weighted by Gasteiger charge is 2.34. The highest BCUT2D eigenvalue weighted by atomic mass is 19.1. The van der Waals surface area contributed by atoms with E-state index < -0.39 is 0 Å². The molecule has 1 aliphatic carbocycles. The molecule has 0 saturated heterocycles. The number of anilines is 1. The molecule has 5 nitrogen and oxygen atoms in total. The number of carbonyl (C=O) groups is 1. The van der Waals surface area contributed by atoms with Gasteiger partial charge in [0.15, 0.2) is 0 Å². The van der Waals surface area contributed by atoms with Crippen molar-refractivity contribution in [3.05, 3.63) is 47.5 Å². The largest absolute Gasteiger partial charge is 0.396 e. The predicted octanol–water partition coefficient (Wildman–Crippen LogP) is 1.94. The average molecular weight is 274 g/mol. The lowest BCUT2D eigenvalue weighted by Gasteiger charge is -2.22. The van der Waals surface area contributed by atoms with Gasteiger partial charge in [0.05, 0.1) is 11.9 Å². The molecule has 1 saturated carbocycles. The van der Waals surface area contributed by atoms with Gasteiger partial charge in [0.1, 0.15) is 11.5 Å². The minimum atomic E-state index is -0.302. The minimum absolute atomic E-state index is 0.157. The molecule has 1 aliphatic rings. The Hall–Kier alpha value is -2.37. The maximum atomic E-state index is 13.7. The van der Waals surface area contributed by atoms with Gasteiger partial charge in [0.25, 0.3) is 5.91 Å². The van der Waals surface area contributed by atoms with Crippen LogP contribution in [0.5, 0.6) is 0 Å². The lowest BCUT2D eigenvalue weighted by molar-refractivity contribution is 0.0723. The van der Waals surface area contributed by atoms with Gasteiger partial charge in [0, 0.05) is 18.2 Å². The number of H-pyrrole nitrogens is 1. The summed E-state index contributed by atoms with van der Waals surface area (Å²) in [7, 11) is 0. The summed E-state index contributed by atoms with van der Waals surface area (Å²) in [6, 6.07) is 6.64. The Balaban J connectivity index is 1.85. The number of rotatable bonds is 4. The molecule has 6 heteroatoms. The fourth-order valence-corrected chi connectivity index (χ4v) is 2.17. The van der Waals surface area contributed by atoms with Crippen molar-refractivity contribution >= 4 is 11.6 Å². The van der Waals surface area contributed by atoms with Crippen LogP contribution in [0.25, 0.3) is 0 Å². The molecule has 0 aliphatic heterocycles. The summed E-state index contributed by atoms with van der Waals surface area (Å²) in [5.74, 6) is -0.533. The fourth-order valence-electron chi connectivity index (χ4n) is 2.17. The van der Waals surface area contributed by atoms with E-state index in [-0.39, 0.29) is 30.0 Å². The molecule has 2 aromatic rings. The van der Waals surface area contributed by atoms with E-state index in [0.717, 1.165) is 12.8 Å². The first kappa shape index (κ1) is 12.7. The summed E-state index contributed by atoms with van der Waals surface area (Å²) >= 11 is 0. The van der Waals surface area contributed by atoms with Crippen LogP contribution in [0.15, 0.2) is 30.5 Å². The standard InChI is InChI=1S/C14H15FN4O/c15-11-4-2-1-3-9(11)8-19(10-5-6-10)14(20)13-12(16)7-17-18-13/h1-4,7,10H,5-6,8,16H2,(H,17,18). The van der Waals surface area contributed by atoms with Crippen LogP contribution in [0.2, 0.25) is 0 Å². The lowest BCUT2D eigenvalue weighted by atomic mass is 10.2. The Morgan fingerprint density at radius 3 is 2.80 bits per heavy atom. The third-order valence-corrected chi connectivity index (χ3v) is 3.43. The van der Waals surface area contributed by atoms with E-state index in [1.807, 2.05) is 0 Å². The van der Waals surface area contributed by atoms with Crippen LogP contribution in [-0.4, -0.2) is 27.0 Å². The molecule has 104 valence electrons. The lowest BCUT2D eigenvalue weighted by Crippen LogP contribution is -2.33. The molecule has 0 unspecified atom stereocenters. The van der Waals surface area contributed by atoms with Crippen LogP contribution < -0.4 is 5.73 Å². The van der Waals surface area contributed by atoms with Crippen LogP contribution in [0.3, 0.4) is 0 Å². The molecule has 3 N–H and O–H groups in total. The molecule has 1 aromatic heterocycles. The molecule has 1 amide bonds. The number of hydrogen-bond donors (Lipinski definition) is 2. The van der Waals surface area contributed by atoms with Crippen LogP contribution in [-0.2, 0) is 6.54 Å². The number of carbonyl (C=O) groups excluding carboxylic acids is 1. The maximum Gasteiger partial charge on any atom is 0.274 e. The van der Waals surface area contributed by atoms with Gasteiger partial charge < -0.3 is 10.6 Å². The summed E-state index contributed by atoms with van der Waals surface area (Å²) in [4.78, 5) is 14.1. The van der Waals surface area contributed by atoms with E-state index in [4.69, 9.17) is 5.73 Å². The number of halogens is 1. The zero-order valence-corrected chi connectivity index (χ0v) is 10.8. The quantitative estimate of drug-likeness (QED) is 0.894. The van der Waals surface area contributed by atoms with E-state index in [1.54, 1.807) is 23.1 Å². The number of nitrogens with two attached hydrogens (primary N) is 1. The van der Waals surface area contributed by atoms with Crippen LogP contribution in [0.4, 0.5) is 10.1 Å². The molecule has 1 aromatic carbocycles. The van der Waals surface area contributed by atoms with E-state index in [0.29, 0.717) is 11.3 Å². The third kappa shape index (κ3) is 2.36. The molecule has 20 heavy (non-hydrogen) atoms. The van der Waals surface area contributed by atoms with Crippen molar-refractivity contribution in [1.82, 2.24) is 15.1 Å². The van der Waals surface area contributed by atoms with Crippen molar-refractivity contribution in [3.8, 4) is 0 Å². The number of hydrogen-bond acceptors (Lipinski definition) is 3. The van der Waals surface area contributed by atoms with Crippen molar-refractivity contribution in [2.24, 2.45) is 0 Å². The second-order valence-corrected chi connectivity index (χ2v) is 4.96. The van der Waals surface area contributed by atoms with Gasteiger partial charge >= 0.3 is 0 Å². The van der Waals surface area contributed by atoms with Gasteiger partial charge in [0.2, 0.25) is 0 Å². The second kappa shape index (κ2) is 4.96. The van der Waals surface area contributed by atoms with Gasteiger partial charge in [-0.2, -0.15) is 5.10 Å². The number of nitrogens with one attached hydrogen (secondary N) is 1. The molecule has 0 atom stereocenters. The van der Waals surface area contributed by atoms with Gasteiger partial charge in [-0.15, -0.1) is 0 Å². The zero-order chi connectivity index (χ0) is 14.1. The molecule has 1 fully saturated rings. The predicted molar refractivity (Wildman–Crippen MR) is 72.3 cm³/mol. The van der Waals surface area contributed by atoms with Crippen molar-refractivity contribution < 1.29 is 9.18 Å². The van der Waals surface area contributed by atoms with E-state index in [1.165, 1.54) is 12.3 Å². The Bertz CT molecular complexity index is 636. The maximum absolute atomic E-state index is 13.7. The summed E-state index contributed by atoms with van der Waals surface area (Å²) in [5.41, 5.74) is 6.80. The van der Waals surface area contributed by atoms with Crippen LogP contribution >= 0.6 is 0 Å². The third-order valence-electron chi connectivity index (χ3n) is 3.43. The Morgan fingerprint density at radius 1 is 1.45 bits per heavy atom. The van der Waals surface area contributed by atoms with Crippen molar-refractivity contribution in [2.75, 3.05) is 5.73 Å². The van der Waals surface area contributed by atoms with Crippen molar-refractivity contribution in [3.63, 3.8) is 0 Å². The van der Waals surface area contributed by atoms with E-state index >= 15 is 0 Å². The Labute approximate surface area is 115 Å². The van der Waals surface area contributed by atoms with Crippen LogP contribution in [0.1, 0.15) is 28.9 Å². The highest BCUT2D eigenvalue weighted by Crippen LogP contribution is 2.30. The van der Waals surface area contributed by atoms with E-state index in [9.17, 15) is 9.18 Å². The SMILES string of the molecule is Nc1cn[nH]c1C(=O)N(Cc1ccccc1F)C1CC1. The van der Waals surface area contributed by atoms with Crippen molar-refractivity contribution in [1.29, 1.82) is 0 Å². The number of amides is 1. The summed E-state index contributed by atoms with van der Waals surface area (Å²) in [5, 5.41) is 6.37. The molecule has 3 rings (SSSR count). The molecular formula is C14H15FN4O. The first-order chi connectivity index (χ1) is 9.66. The van der Waals surface area contributed by atoms with Crippen LogP contribution in [0, 0.1) is 5.82 Å². The monoisotopic (exact) mass is 274 g/mol. The zero-order valence-electron chi connectivity index (χ0n) is 10.8. The van der Waals surface area contributed by atoms with Gasteiger partial charge in [-0.25, -0.2) is 4.39 Å². The first-order valence-corrected chi connectivity index (χ1v) is 6.50. The Morgan fingerprint density at radius 2 is 2.20 bits per heavy atom. The molecule has 0 bridgehead atoms. The molecule has 1 heterocycles. The summed E-state index contributed by atoms with van der Waals surface area (Å²) < 4.78 is 13.7. The first-order valence-electron chi connectivity index (χ1n) is 6.50.